The second-order valence-electron chi connectivity index (χ2n) is 4.24. The average Bonchev–Trinajstić information content (AvgIpc) is 2.87. The van der Waals surface area contributed by atoms with Crippen molar-refractivity contribution in [3.8, 4) is 0 Å². The van der Waals surface area contributed by atoms with Gasteiger partial charge in [-0.3, -0.25) is 0 Å². The number of hydrogen-bond donors (Lipinski definition) is 1. The first-order valence-electron chi connectivity index (χ1n) is 5.59. The molecule has 0 radical (unpaired) electrons. The van der Waals surface area contributed by atoms with E-state index in [1.165, 1.54) is 26.5 Å². The van der Waals surface area contributed by atoms with Crippen LogP contribution in [0.1, 0.15) is 5.01 Å². The van der Waals surface area contributed by atoms with E-state index in [-0.39, 0.29) is 0 Å². The van der Waals surface area contributed by atoms with Crippen molar-refractivity contribution < 1.29 is 0 Å². The van der Waals surface area contributed by atoms with Gasteiger partial charge in [0, 0.05) is 21.8 Å². The van der Waals surface area contributed by atoms with Crippen molar-refractivity contribution in [2.45, 2.75) is 6.92 Å². The molecule has 0 saturated carbocycles. The van der Waals surface area contributed by atoms with Crippen LogP contribution in [0, 0.1) is 6.92 Å². The normalized spacial score (nSPS) is 11.8. The monoisotopic (exact) mass is 238 g/mol. The molecule has 0 aliphatic heterocycles. The Morgan fingerprint density at radius 2 is 1.94 bits per heavy atom. The van der Waals surface area contributed by atoms with Crippen molar-refractivity contribution in [3.05, 3.63) is 41.4 Å². The number of nitrogens with zero attached hydrogens (tertiary/aromatic N) is 1. The van der Waals surface area contributed by atoms with Crippen LogP contribution in [-0.2, 0) is 0 Å². The number of benzene rings is 2. The lowest BCUT2D eigenvalue weighted by atomic mass is 10.1. The first-order chi connectivity index (χ1) is 8.33. The fourth-order valence-corrected chi connectivity index (χ4v) is 3.41. The number of para-hydroxylation sites is 1. The Labute approximate surface area is 102 Å². The third kappa shape index (κ3) is 1.17. The molecule has 3 heteroatoms. The molecule has 0 atom stereocenters. The molecule has 0 fully saturated rings. The van der Waals surface area contributed by atoms with Gasteiger partial charge in [-0.1, -0.05) is 18.2 Å². The van der Waals surface area contributed by atoms with Crippen molar-refractivity contribution in [3.63, 3.8) is 0 Å². The molecule has 82 valence electrons. The third-order valence-electron chi connectivity index (χ3n) is 3.13. The topological polar surface area (TPSA) is 28.7 Å². The van der Waals surface area contributed by atoms with E-state index in [9.17, 15) is 0 Å². The van der Waals surface area contributed by atoms with Crippen LogP contribution >= 0.6 is 11.3 Å². The number of rotatable bonds is 0. The number of aromatic nitrogens is 2. The summed E-state index contributed by atoms with van der Waals surface area (Å²) in [4.78, 5) is 8.01. The van der Waals surface area contributed by atoms with E-state index in [1.807, 2.05) is 0 Å². The molecule has 0 aliphatic carbocycles. The molecule has 2 aromatic carbocycles. The summed E-state index contributed by atoms with van der Waals surface area (Å²) in [6.45, 7) is 2.06. The minimum Gasteiger partial charge on any atom is -0.354 e. The van der Waals surface area contributed by atoms with Crippen LogP contribution < -0.4 is 0 Å². The number of fused-ring (bicyclic) bond motifs is 5. The summed E-state index contributed by atoms with van der Waals surface area (Å²) in [6, 6.07) is 12.7. The maximum absolute atomic E-state index is 4.55. The molecule has 0 amide bonds. The second kappa shape index (κ2) is 3.08. The summed E-state index contributed by atoms with van der Waals surface area (Å²) in [5.74, 6) is 0. The van der Waals surface area contributed by atoms with E-state index in [0.29, 0.717) is 0 Å². The Hall–Kier alpha value is -1.87. The number of nitrogens with one attached hydrogen (secondary N) is 1. The van der Waals surface area contributed by atoms with Gasteiger partial charge in [-0.15, -0.1) is 11.3 Å². The Bertz CT molecular complexity index is 854. The maximum Gasteiger partial charge on any atom is 0.0908 e. The van der Waals surface area contributed by atoms with Gasteiger partial charge in [0.05, 0.1) is 15.2 Å². The molecule has 0 saturated heterocycles. The van der Waals surface area contributed by atoms with Gasteiger partial charge in [0.1, 0.15) is 0 Å². The molecule has 0 aliphatic rings. The number of aryl methyl sites for hydroxylation is 1. The summed E-state index contributed by atoms with van der Waals surface area (Å²) >= 11 is 1.77. The van der Waals surface area contributed by atoms with Gasteiger partial charge in [-0.2, -0.15) is 0 Å². The lowest BCUT2D eigenvalue weighted by molar-refractivity contribution is 1.35. The van der Waals surface area contributed by atoms with Gasteiger partial charge in [-0.05, 0) is 25.1 Å². The zero-order valence-electron chi connectivity index (χ0n) is 9.32. The highest BCUT2D eigenvalue weighted by Crippen LogP contribution is 2.34. The van der Waals surface area contributed by atoms with E-state index >= 15 is 0 Å². The Morgan fingerprint density at radius 1 is 1.06 bits per heavy atom. The summed E-state index contributed by atoms with van der Waals surface area (Å²) < 4.78 is 1.29. The average molecular weight is 238 g/mol. The molecule has 2 aromatic heterocycles. The summed E-state index contributed by atoms with van der Waals surface area (Å²) in [6.07, 6.45) is 0. The largest absolute Gasteiger partial charge is 0.354 e. The molecule has 2 nitrogen and oxygen atoms in total. The molecule has 0 spiro atoms. The van der Waals surface area contributed by atoms with Gasteiger partial charge in [0.2, 0.25) is 0 Å². The van der Waals surface area contributed by atoms with Crippen molar-refractivity contribution in [1.29, 1.82) is 0 Å². The minimum atomic E-state index is 1.10. The molecular formula is C14H10N2S. The van der Waals surface area contributed by atoms with E-state index in [0.717, 1.165) is 10.5 Å². The first kappa shape index (κ1) is 9.19. The van der Waals surface area contributed by atoms with Crippen LogP contribution in [0.2, 0.25) is 0 Å². The lowest BCUT2D eigenvalue weighted by Crippen LogP contribution is -1.70. The molecule has 2 heterocycles. The summed E-state index contributed by atoms with van der Waals surface area (Å²) in [5.41, 5.74) is 3.49. The summed E-state index contributed by atoms with van der Waals surface area (Å²) in [7, 11) is 0. The Morgan fingerprint density at radius 3 is 2.88 bits per heavy atom. The number of aromatic amines is 1. The van der Waals surface area contributed by atoms with Crippen LogP contribution in [0.4, 0.5) is 0 Å². The smallest absolute Gasteiger partial charge is 0.0908 e. The predicted molar refractivity (Wildman–Crippen MR) is 73.7 cm³/mol. The van der Waals surface area contributed by atoms with Crippen LogP contribution in [-0.4, -0.2) is 9.97 Å². The van der Waals surface area contributed by atoms with Crippen molar-refractivity contribution in [2.75, 3.05) is 0 Å². The SMILES string of the molecule is Cc1nc2ccc3[nH]c4ccccc4c3c2s1. The van der Waals surface area contributed by atoms with Crippen LogP contribution in [0.3, 0.4) is 0 Å². The molecule has 1 N–H and O–H groups in total. The highest BCUT2D eigenvalue weighted by molar-refractivity contribution is 7.19. The standard InChI is InChI=1S/C14H10N2S/c1-8-15-12-7-6-11-13(14(12)17-8)9-4-2-3-5-10(9)16-11/h2-7,16H,1H3. The van der Waals surface area contributed by atoms with Crippen molar-refractivity contribution in [2.24, 2.45) is 0 Å². The third-order valence-corrected chi connectivity index (χ3v) is 4.13. The van der Waals surface area contributed by atoms with Crippen molar-refractivity contribution in [1.82, 2.24) is 9.97 Å². The van der Waals surface area contributed by atoms with E-state index in [4.69, 9.17) is 0 Å². The molecule has 4 aromatic rings. The van der Waals surface area contributed by atoms with Crippen LogP contribution in [0.25, 0.3) is 32.0 Å². The fourth-order valence-electron chi connectivity index (χ4n) is 2.43. The van der Waals surface area contributed by atoms with Gasteiger partial charge in [0.15, 0.2) is 0 Å². The van der Waals surface area contributed by atoms with Crippen LogP contribution in [0.15, 0.2) is 36.4 Å². The van der Waals surface area contributed by atoms with E-state index in [1.54, 1.807) is 11.3 Å². The maximum atomic E-state index is 4.55. The van der Waals surface area contributed by atoms with Gasteiger partial charge in [0.25, 0.3) is 0 Å². The zero-order chi connectivity index (χ0) is 11.4. The predicted octanol–water partition coefficient (Wildman–Crippen LogP) is 4.24. The van der Waals surface area contributed by atoms with Crippen LogP contribution in [0.5, 0.6) is 0 Å². The highest BCUT2D eigenvalue weighted by atomic mass is 32.1. The Balaban J connectivity index is 2.37. The van der Waals surface area contributed by atoms with Gasteiger partial charge >= 0.3 is 0 Å². The number of thiazole rings is 1. The molecule has 4 rings (SSSR count). The Kier molecular flexibility index (Phi) is 1.66. The van der Waals surface area contributed by atoms with Gasteiger partial charge < -0.3 is 4.98 Å². The fraction of sp³-hybridized carbons (Fsp3) is 0.0714. The lowest BCUT2D eigenvalue weighted by Gasteiger charge is -1.92. The second-order valence-corrected chi connectivity index (χ2v) is 5.44. The molecular weight excluding hydrogens is 228 g/mol. The molecule has 0 bridgehead atoms. The zero-order valence-corrected chi connectivity index (χ0v) is 10.1. The number of H-pyrrole nitrogens is 1. The van der Waals surface area contributed by atoms with E-state index < -0.39 is 0 Å². The minimum absolute atomic E-state index is 1.10. The quantitative estimate of drug-likeness (QED) is 0.487. The van der Waals surface area contributed by atoms with Gasteiger partial charge in [-0.25, -0.2) is 4.98 Å². The first-order valence-corrected chi connectivity index (χ1v) is 6.41. The number of hydrogen-bond acceptors (Lipinski definition) is 2. The molecule has 0 unspecified atom stereocenters. The highest BCUT2D eigenvalue weighted by Gasteiger charge is 2.10. The van der Waals surface area contributed by atoms with E-state index in [2.05, 4.69) is 53.3 Å². The van der Waals surface area contributed by atoms with Crippen molar-refractivity contribution >= 4 is 43.4 Å². The summed E-state index contributed by atoms with van der Waals surface area (Å²) in [5, 5.41) is 3.72. The molecule has 17 heavy (non-hydrogen) atoms.